The summed E-state index contributed by atoms with van der Waals surface area (Å²) in [5.41, 5.74) is -0.473. The fourth-order valence-electron chi connectivity index (χ4n) is 4.39. The SMILES string of the molecule is CCOC1=NC(C)(C[C@@H](C)c2ccc(Sc3cccc(C(F)(F)F)c3)cc2Cl)C(OCC)=N[C@H]1C(C)C. The van der Waals surface area contributed by atoms with E-state index in [9.17, 15) is 13.2 Å². The molecule has 0 fully saturated rings. The van der Waals surface area contributed by atoms with Gasteiger partial charge in [-0.15, -0.1) is 0 Å². The van der Waals surface area contributed by atoms with Crippen LogP contribution in [0.15, 0.2) is 62.2 Å². The highest BCUT2D eigenvalue weighted by Gasteiger charge is 2.41. The maximum Gasteiger partial charge on any atom is 0.416 e. The molecule has 0 saturated carbocycles. The van der Waals surface area contributed by atoms with E-state index in [1.54, 1.807) is 12.1 Å². The molecule has 1 aliphatic rings. The van der Waals surface area contributed by atoms with E-state index in [0.29, 0.717) is 41.3 Å². The van der Waals surface area contributed by atoms with Crippen LogP contribution in [0.2, 0.25) is 5.02 Å². The molecule has 2 aromatic carbocycles. The Morgan fingerprint density at radius 1 is 1.03 bits per heavy atom. The van der Waals surface area contributed by atoms with Crippen molar-refractivity contribution in [2.24, 2.45) is 15.9 Å². The Labute approximate surface area is 226 Å². The minimum Gasteiger partial charge on any atom is -0.480 e. The third-order valence-electron chi connectivity index (χ3n) is 6.14. The van der Waals surface area contributed by atoms with Crippen molar-refractivity contribution in [3.05, 3.63) is 58.6 Å². The normalized spacial score (nSPS) is 20.9. The van der Waals surface area contributed by atoms with Gasteiger partial charge in [0.15, 0.2) is 0 Å². The van der Waals surface area contributed by atoms with Crippen LogP contribution in [0, 0.1) is 5.92 Å². The van der Waals surface area contributed by atoms with E-state index in [1.807, 2.05) is 32.9 Å². The lowest BCUT2D eigenvalue weighted by Gasteiger charge is -2.36. The van der Waals surface area contributed by atoms with Crippen LogP contribution in [0.3, 0.4) is 0 Å². The number of halogens is 4. The van der Waals surface area contributed by atoms with Crippen LogP contribution in [-0.4, -0.2) is 36.6 Å². The number of ether oxygens (including phenoxy) is 2. The van der Waals surface area contributed by atoms with Gasteiger partial charge in [0.25, 0.3) is 0 Å². The van der Waals surface area contributed by atoms with E-state index < -0.39 is 17.3 Å². The van der Waals surface area contributed by atoms with Crippen molar-refractivity contribution in [2.75, 3.05) is 13.2 Å². The molecule has 0 amide bonds. The fourth-order valence-corrected chi connectivity index (χ4v) is 5.74. The lowest BCUT2D eigenvalue weighted by atomic mass is 9.84. The monoisotopic (exact) mass is 554 g/mol. The van der Waals surface area contributed by atoms with Gasteiger partial charge >= 0.3 is 6.18 Å². The standard InChI is InChI=1S/C28H34ClF3N2O2S/c1-7-35-25-24(17(3)4)33-26(36-8-2)27(6,34-25)16-18(5)22-13-12-21(15-23(22)29)37-20-11-9-10-19(14-20)28(30,31)32/h9-15,17-18,24H,7-8,16H2,1-6H3/t18-,24+,27?/m1/s1. The second-order valence-corrected chi connectivity index (χ2v) is 11.2. The summed E-state index contributed by atoms with van der Waals surface area (Å²) in [5, 5.41) is 0.549. The molecule has 0 N–H and O–H groups in total. The second kappa shape index (κ2) is 12.1. The first-order chi connectivity index (χ1) is 17.4. The van der Waals surface area contributed by atoms with Crippen molar-refractivity contribution < 1.29 is 22.6 Å². The fraction of sp³-hybridized carbons (Fsp3) is 0.500. The summed E-state index contributed by atoms with van der Waals surface area (Å²) in [7, 11) is 0. The Hall–Kier alpha value is -2.19. The first kappa shape index (κ1) is 29.4. The van der Waals surface area contributed by atoms with Crippen LogP contribution in [0.5, 0.6) is 0 Å². The van der Waals surface area contributed by atoms with Crippen molar-refractivity contribution in [1.29, 1.82) is 0 Å². The molecule has 0 aliphatic carbocycles. The summed E-state index contributed by atoms with van der Waals surface area (Å²) in [6.07, 6.45) is -3.79. The minimum atomic E-state index is -4.38. The molecular weight excluding hydrogens is 521 g/mol. The maximum absolute atomic E-state index is 13.1. The molecule has 9 heteroatoms. The quantitative estimate of drug-likeness (QED) is 0.328. The van der Waals surface area contributed by atoms with Crippen molar-refractivity contribution in [1.82, 2.24) is 0 Å². The van der Waals surface area contributed by atoms with Gasteiger partial charge in [-0.05, 0) is 74.9 Å². The number of rotatable bonds is 8. The van der Waals surface area contributed by atoms with Crippen molar-refractivity contribution in [2.45, 2.75) is 81.4 Å². The molecule has 0 bridgehead atoms. The molecule has 0 radical (unpaired) electrons. The molecule has 4 nitrogen and oxygen atoms in total. The highest BCUT2D eigenvalue weighted by molar-refractivity contribution is 7.99. The van der Waals surface area contributed by atoms with E-state index in [1.165, 1.54) is 17.8 Å². The molecule has 1 unspecified atom stereocenters. The number of benzene rings is 2. The van der Waals surface area contributed by atoms with Gasteiger partial charge in [-0.1, -0.05) is 56.3 Å². The van der Waals surface area contributed by atoms with Crippen LogP contribution >= 0.6 is 23.4 Å². The zero-order valence-corrected chi connectivity index (χ0v) is 23.6. The smallest absolute Gasteiger partial charge is 0.416 e. The summed E-state index contributed by atoms with van der Waals surface area (Å²) >= 11 is 7.92. The molecule has 0 spiro atoms. The van der Waals surface area contributed by atoms with Crippen molar-refractivity contribution in [3.8, 4) is 0 Å². The molecule has 3 atom stereocenters. The van der Waals surface area contributed by atoms with Crippen LogP contribution in [0.25, 0.3) is 0 Å². The molecule has 1 aliphatic heterocycles. The second-order valence-electron chi connectivity index (χ2n) is 9.63. The van der Waals surface area contributed by atoms with Crippen LogP contribution in [0.4, 0.5) is 13.2 Å². The summed E-state index contributed by atoms with van der Waals surface area (Å²) in [4.78, 5) is 11.2. The first-order valence-corrected chi connectivity index (χ1v) is 13.7. The Balaban J connectivity index is 1.84. The Kier molecular flexibility index (Phi) is 9.62. The zero-order chi connectivity index (χ0) is 27.4. The number of alkyl halides is 3. The predicted octanol–water partition coefficient (Wildman–Crippen LogP) is 8.67. The minimum absolute atomic E-state index is 0.00186. The van der Waals surface area contributed by atoms with Crippen LogP contribution in [-0.2, 0) is 15.7 Å². The number of hydrogen-bond donors (Lipinski definition) is 0. The van der Waals surface area contributed by atoms with Crippen molar-refractivity contribution >= 4 is 35.2 Å². The van der Waals surface area contributed by atoms with Gasteiger partial charge in [0.05, 0.1) is 18.8 Å². The van der Waals surface area contributed by atoms with Crippen LogP contribution < -0.4 is 0 Å². The van der Waals surface area contributed by atoms with E-state index in [-0.39, 0.29) is 17.9 Å². The van der Waals surface area contributed by atoms with Gasteiger partial charge in [-0.2, -0.15) is 13.2 Å². The molecule has 0 aromatic heterocycles. The molecule has 2 aromatic rings. The summed E-state index contributed by atoms with van der Waals surface area (Å²) in [6, 6.07) is 10.7. The zero-order valence-electron chi connectivity index (χ0n) is 22.0. The summed E-state index contributed by atoms with van der Waals surface area (Å²) in [5.74, 6) is 1.42. The van der Waals surface area contributed by atoms with Crippen molar-refractivity contribution in [3.63, 3.8) is 0 Å². The van der Waals surface area contributed by atoms with Crippen LogP contribution in [0.1, 0.15) is 65.0 Å². The largest absolute Gasteiger partial charge is 0.480 e. The molecule has 3 rings (SSSR count). The van der Waals surface area contributed by atoms with Gasteiger partial charge in [0.1, 0.15) is 11.6 Å². The average Bonchev–Trinajstić information content (AvgIpc) is 2.80. The highest BCUT2D eigenvalue weighted by Crippen LogP contribution is 2.39. The molecule has 1 heterocycles. The van der Waals surface area contributed by atoms with E-state index in [2.05, 4.69) is 20.8 Å². The first-order valence-electron chi connectivity index (χ1n) is 12.5. The summed E-state index contributed by atoms with van der Waals surface area (Å²) in [6.45, 7) is 13.1. The Morgan fingerprint density at radius 3 is 2.30 bits per heavy atom. The average molecular weight is 555 g/mol. The lowest BCUT2D eigenvalue weighted by Crippen LogP contribution is -2.46. The van der Waals surface area contributed by atoms with Gasteiger partial charge in [0, 0.05) is 14.8 Å². The number of hydrogen-bond acceptors (Lipinski definition) is 5. The van der Waals surface area contributed by atoms with Gasteiger partial charge in [0.2, 0.25) is 11.8 Å². The van der Waals surface area contributed by atoms with Gasteiger partial charge < -0.3 is 9.47 Å². The number of nitrogens with zero attached hydrogens (tertiary/aromatic N) is 2. The molecule has 37 heavy (non-hydrogen) atoms. The van der Waals surface area contributed by atoms with Gasteiger partial charge in [-0.3, -0.25) is 0 Å². The third-order valence-corrected chi connectivity index (χ3v) is 7.44. The van der Waals surface area contributed by atoms with Gasteiger partial charge in [-0.25, -0.2) is 9.98 Å². The Morgan fingerprint density at radius 2 is 1.70 bits per heavy atom. The molecule has 0 saturated heterocycles. The predicted molar refractivity (Wildman–Crippen MR) is 145 cm³/mol. The van der Waals surface area contributed by atoms with E-state index in [0.717, 1.165) is 22.6 Å². The molecule has 202 valence electrons. The number of aliphatic imine (C=N–C) groups is 2. The van der Waals surface area contributed by atoms with E-state index in [4.69, 9.17) is 31.1 Å². The Bertz CT molecular complexity index is 1150. The lowest BCUT2D eigenvalue weighted by molar-refractivity contribution is -0.137. The maximum atomic E-state index is 13.1. The topological polar surface area (TPSA) is 43.2 Å². The third kappa shape index (κ3) is 7.23. The highest BCUT2D eigenvalue weighted by atomic mass is 35.5. The summed E-state index contributed by atoms with van der Waals surface area (Å²) < 4.78 is 51.1. The van der Waals surface area contributed by atoms with E-state index >= 15 is 0 Å². The molecular formula is C28H34ClF3N2O2S.